The Kier molecular flexibility index (Phi) is 8.22. The number of esters is 1. The number of thioether (sulfide) groups is 2. The van der Waals surface area contributed by atoms with Crippen LogP contribution in [0, 0.1) is 0 Å². The third kappa shape index (κ3) is 7.36. The van der Waals surface area contributed by atoms with Gasteiger partial charge in [-0.05, 0) is 31.2 Å². The van der Waals surface area contributed by atoms with Gasteiger partial charge >= 0.3 is 5.97 Å². The number of amides is 2. The zero-order chi connectivity index (χ0) is 19.6. The Morgan fingerprint density at radius 3 is 2.44 bits per heavy atom. The number of carbonyl (C=O) groups excluding carboxylic acids is 3. The lowest BCUT2D eigenvalue weighted by atomic mass is 10.3. The average Bonchev–Trinajstić information content (AvgIpc) is 2.66. The summed E-state index contributed by atoms with van der Waals surface area (Å²) in [5.74, 6) is -1.25. The van der Waals surface area contributed by atoms with Crippen molar-refractivity contribution in [1.82, 2.24) is 0 Å². The van der Waals surface area contributed by atoms with E-state index in [9.17, 15) is 14.4 Å². The third-order valence-electron chi connectivity index (χ3n) is 3.26. The van der Waals surface area contributed by atoms with Gasteiger partial charge in [0.15, 0.2) is 6.61 Å². The van der Waals surface area contributed by atoms with Crippen LogP contribution in [0.2, 0.25) is 0 Å². The molecule has 0 radical (unpaired) electrons. The molecule has 3 N–H and O–H groups in total. The summed E-state index contributed by atoms with van der Waals surface area (Å²) >= 11 is 2.59. The summed E-state index contributed by atoms with van der Waals surface area (Å²) in [6.07, 6.45) is 0. The molecule has 0 heterocycles. The molecule has 1 atom stereocenters. The number of primary amides is 1. The summed E-state index contributed by atoms with van der Waals surface area (Å²) in [4.78, 5) is 36.8. The van der Waals surface area contributed by atoms with Gasteiger partial charge in [-0.2, -0.15) is 0 Å². The quantitative estimate of drug-likeness (QED) is 0.493. The van der Waals surface area contributed by atoms with Gasteiger partial charge in [0.05, 0.1) is 11.4 Å². The maximum atomic E-state index is 12.1. The fraction of sp³-hybridized carbons (Fsp3) is 0.211. The summed E-state index contributed by atoms with van der Waals surface area (Å²) in [5, 5.41) is 2.25. The molecule has 0 aliphatic rings. The van der Waals surface area contributed by atoms with Gasteiger partial charge in [-0.3, -0.25) is 14.4 Å². The topological polar surface area (TPSA) is 98.5 Å². The average molecular weight is 405 g/mol. The van der Waals surface area contributed by atoms with Crippen LogP contribution >= 0.6 is 23.5 Å². The van der Waals surface area contributed by atoms with E-state index in [0.29, 0.717) is 10.6 Å². The van der Waals surface area contributed by atoms with Gasteiger partial charge in [-0.25, -0.2) is 0 Å². The van der Waals surface area contributed by atoms with Gasteiger partial charge < -0.3 is 15.8 Å². The van der Waals surface area contributed by atoms with Gasteiger partial charge in [-0.15, -0.1) is 23.5 Å². The largest absolute Gasteiger partial charge is 0.455 e. The lowest BCUT2D eigenvalue weighted by Gasteiger charge is -2.12. The maximum Gasteiger partial charge on any atom is 0.319 e. The van der Waals surface area contributed by atoms with E-state index in [-0.39, 0.29) is 12.4 Å². The minimum Gasteiger partial charge on any atom is -0.455 e. The van der Waals surface area contributed by atoms with Gasteiger partial charge in [0.2, 0.25) is 5.91 Å². The van der Waals surface area contributed by atoms with Crippen LogP contribution in [0.15, 0.2) is 64.4 Å². The molecular formula is C19H20N2O4S2. The van der Waals surface area contributed by atoms with Crippen molar-refractivity contribution in [2.24, 2.45) is 5.73 Å². The van der Waals surface area contributed by atoms with E-state index in [1.807, 2.05) is 30.3 Å². The molecule has 0 fully saturated rings. The van der Waals surface area contributed by atoms with Crippen LogP contribution in [0.3, 0.4) is 0 Å². The molecule has 27 heavy (non-hydrogen) atoms. The van der Waals surface area contributed by atoms with Crippen molar-refractivity contribution in [2.45, 2.75) is 22.0 Å². The zero-order valence-electron chi connectivity index (χ0n) is 14.7. The molecule has 0 aliphatic heterocycles. The lowest BCUT2D eigenvalue weighted by molar-refractivity contribution is -0.146. The molecule has 2 aromatic carbocycles. The smallest absolute Gasteiger partial charge is 0.319 e. The Morgan fingerprint density at radius 2 is 1.74 bits per heavy atom. The number of ether oxygens (including phenoxy) is 1. The first-order valence-electron chi connectivity index (χ1n) is 8.14. The Morgan fingerprint density at radius 1 is 1.07 bits per heavy atom. The first-order chi connectivity index (χ1) is 13.0. The molecule has 0 aromatic heterocycles. The summed E-state index contributed by atoms with van der Waals surface area (Å²) in [6.45, 7) is 1.35. The number of rotatable bonds is 9. The van der Waals surface area contributed by atoms with Crippen LogP contribution in [-0.4, -0.2) is 35.4 Å². The highest BCUT2D eigenvalue weighted by Crippen LogP contribution is 2.27. The van der Waals surface area contributed by atoms with Crippen LogP contribution in [0.4, 0.5) is 5.69 Å². The summed E-state index contributed by atoms with van der Waals surface area (Å²) in [7, 11) is 0. The standard InChI is InChI=1S/C19H20N2O4S2/c1-13(27-14-7-3-2-4-8-14)19(24)25-11-18(23)21-15-9-5-6-10-16(15)26-12-17(20)22/h2-10,13H,11-12H2,1H3,(H2,20,22)(H,21,23)/t13-/m0/s1. The highest BCUT2D eigenvalue weighted by molar-refractivity contribution is 8.00. The number of nitrogens with one attached hydrogen (secondary N) is 1. The molecule has 2 aromatic rings. The second-order valence-corrected chi connectivity index (χ2v) is 7.91. The Hall–Kier alpha value is -2.45. The fourth-order valence-corrected chi connectivity index (χ4v) is 3.67. The van der Waals surface area contributed by atoms with Gasteiger partial charge in [-0.1, -0.05) is 30.3 Å². The van der Waals surface area contributed by atoms with E-state index in [1.54, 1.807) is 31.2 Å². The van der Waals surface area contributed by atoms with Crippen LogP contribution in [0.1, 0.15) is 6.92 Å². The monoisotopic (exact) mass is 404 g/mol. The second-order valence-electron chi connectivity index (χ2n) is 5.48. The summed E-state index contributed by atoms with van der Waals surface area (Å²) in [5.41, 5.74) is 5.69. The van der Waals surface area contributed by atoms with Crippen LogP contribution in [0.5, 0.6) is 0 Å². The minimum atomic E-state index is -0.463. The van der Waals surface area contributed by atoms with Gasteiger partial charge in [0.25, 0.3) is 5.91 Å². The molecular weight excluding hydrogens is 384 g/mol. The highest BCUT2D eigenvalue weighted by atomic mass is 32.2. The SMILES string of the molecule is C[C@H](Sc1ccccc1)C(=O)OCC(=O)Nc1ccccc1SCC(N)=O. The van der Waals surface area contributed by atoms with Gasteiger partial charge in [0, 0.05) is 9.79 Å². The molecule has 0 aliphatic carbocycles. The van der Waals surface area contributed by atoms with Crippen LogP contribution in [-0.2, 0) is 19.1 Å². The van der Waals surface area contributed by atoms with Crippen molar-refractivity contribution in [3.63, 3.8) is 0 Å². The molecule has 2 rings (SSSR count). The van der Waals surface area contributed by atoms with Crippen molar-refractivity contribution < 1.29 is 19.1 Å². The van der Waals surface area contributed by atoms with E-state index in [2.05, 4.69) is 5.32 Å². The van der Waals surface area contributed by atoms with E-state index >= 15 is 0 Å². The van der Waals surface area contributed by atoms with Crippen molar-refractivity contribution >= 4 is 47.0 Å². The Labute approximate surface area is 166 Å². The fourth-order valence-electron chi connectivity index (χ4n) is 2.04. The molecule has 0 saturated carbocycles. The predicted molar refractivity (Wildman–Crippen MR) is 108 cm³/mol. The highest BCUT2D eigenvalue weighted by Gasteiger charge is 2.17. The van der Waals surface area contributed by atoms with Gasteiger partial charge in [0.1, 0.15) is 5.25 Å². The van der Waals surface area contributed by atoms with Crippen LogP contribution in [0.25, 0.3) is 0 Å². The maximum absolute atomic E-state index is 12.1. The molecule has 0 unspecified atom stereocenters. The minimum absolute atomic E-state index is 0.107. The number of nitrogens with two attached hydrogens (primary N) is 1. The number of para-hydroxylation sites is 1. The predicted octanol–water partition coefficient (Wildman–Crippen LogP) is 2.93. The number of hydrogen-bond donors (Lipinski definition) is 2. The molecule has 8 heteroatoms. The molecule has 2 amide bonds. The number of carbonyl (C=O) groups is 3. The van der Waals surface area contributed by atoms with Crippen LogP contribution < -0.4 is 11.1 Å². The van der Waals surface area contributed by atoms with E-state index in [0.717, 1.165) is 4.90 Å². The molecule has 0 bridgehead atoms. The first-order valence-corrected chi connectivity index (χ1v) is 10.0. The molecule has 0 saturated heterocycles. The van der Waals surface area contributed by atoms with E-state index in [4.69, 9.17) is 10.5 Å². The van der Waals surface area contributed by atoms with Crippen molar-refractivity contribution in [3.8, 4) is 0 Å². The zero-order valence-corrected chi connectivity index (χ0v) is 16.3. The van der Waals surface area contributed by atoms with Crippen molar-refractivity contribution in [1.29, 1.82) is 0 Å². The summed E-state index contributed by atoms with van der Waals surface area (Å²) in [6, 6.07) is 16.5. The number of hydrogen-bond acceptors (Lipinski definition) is 6. The first kappa shape index (κ1) is 20.9. The van der Waals surface area contributed by atoms with E-state index < -0.39 is 23.0 Å². The molecule has 0 spiro atoms. The Bertz CT molecular complexity index is 799. The third-order valence-corrected chi connectivity index (χ3v) is 5.45. The van der Waals surface area contributed by atoms with Crippen molar-refractivity contribution in [3.05, 3.63) is 54.6 Å². The normalized spacial score (nSPS) is 11.4. The number of anilines is 1. The Balaban J connectivity index is 1.83. The number of benzene rings is 2. The van der Waals surface area contributed by atoms with Crippen molar-refractivity contribution in [2.75, 3.05) is 17.7 Å². The lowest BCUT2D eigenvalue weighted by Crippen LogP contribution is -2.25. The second kappa shape index (κ2) is 10.6. The van der Waals surface area contributed by atoms with E-state index in [1.165, 1.54) is 23.5 Å². The molecule has 6 nitrogen and oxygen atoms in total. The summed E-state index contributed by atoms with van der Waals surface area (Å²) < 4.78 is 5.10. The molecule has 142 valence electrons.